The molecule has 2 aromatic carbocycles. The maximum Gasteiger partial charge on any atom is 0.360 e. The largest absolute Gasteiger partial charge is 0.471 e. The number of hydrogen-bond acceptors (Lipinski definition) is 7. The van der Waals surface area contributed by atoms with Crippen LogP contribution in [0.15, 0.2) is 64.3 Å². The minimum Gasteiger partial charge on any atom is -0.471 e. The van der Waals surface area contributed by atoms with Crippen LogP contribution in [0.2, 0.25) is 5.02 Å². The smallest absolute Gasteiger partial charge is 0.360 e. The Labute approximate surface area is 166 Å². The predicted molar refractivity (Wildman–Crippen MR) is 103 cm³/mol. The van der Waals surface area contributed by atoms with Crippen molar-refractivity contribution in [3.63, 3.8) is 0 Å². The Hall–Kier alpha value is -3.32. The number of aromatic nitrogens is 1. The highest BCUT2D eigenvalue weighted by Gasteiger charge is 2.19. The molecule has 1 heterocycles. The molecule has 3 aromatic rings. The third kappa shape index (κ3) is 4.50. The van der Waals surface area contributed by atoms with Crippen LogP contribution >= 0.6 is 11.6 Å². The number of methoxy groups -OCH3 is 1. The molecule has 144 valence electrons. The van der Waals surface area contributed by atoms with Gasteiger partial charge in [0, 0.05) is 22.2 Å². The summed E-state index contributed by atoms with van der Waals surface area (Å²) < 4.78 is 15.8. The number of carbonyl (C=O) groups is 1. The topological polar surface area (TPSA) is 83.2 Å². The second-order valence-corrected chi connectivity index (χ2v) is 6.03. The van der Waals surface area contributed by atoms with E-state index in [0.29, 0.717) is 27.8 Å². The Kier molecular flexibility index (Phi) is 6.29. The summed E-state index contributed by atoms with van der Waals surface area (Å²) >= 11 is 5.89. The molecular weight excluding hydrogens is 384 g/mol. The highest BCUT2D eigenvalue weighted by Crippen LogP contribution is 2.25. The van der Waals surface area contributed by atoms with Crippen molar-refractivity contribution in [3.8, 4) is 17.2 Å². The third-order valence-corrected chi connectivity index (χ3v) is 4.08. The zero-order valence-electron chi connectivity index (χ0n) is 15.2. The van der Waals surface area contributed by atoms with Gasteiger partial charge < -0.3 is 18.8 Å². The summed E-state index contributed by atoms with van der Waals surface area (Å²) in [4.78, 5) is 16.8. The van der Waals surface area contributed by atoms with Gasteiger partial charge in [0.05, 0.1) is 7.11 Å². The fraction of sp³-hybridized carbons (Fsp3) is 0.150. The quantitative estimate of drug-likeness (QED) is 0.337. The van der Waals surface area contributed by atoms with Crippen molar-refractivity contribution in [2.45, 2.75) is 6.61 Å². The number of ether oxygens (including phenoxy) is 2. The molecule has 0 N–H and O–H groups in total. The number of esters is 1. The molecule has 0 aliphatic rings. The molecule has 0 saturated heterocycles. The molecule has 0 aliphatic heterocycles. The Balaban J connectivity index is 1.78. The lowest BCUT2D eigenvalue weighted by Crippen LogP contribution is -2.19. The summed E-state index contributed by atoms with van der Waals surface area (Å²) in [5.41, 5.74) is 2.12. The van der Waals surface area contributed by atoms with E-state index < -0.39 is 5.97 Å². The molecule has 1 aromatic heterocycles. The SMILES string of the molecule is CON=C(C(=O)OC)c1ccccc1COc1cc(-c2ccc(Cl)cc2)on1. The van der Waals surface area contributed by atoms with Crippen molar-refractivity contribution in [1.29, 1.82) is 0 Å². The van der Waals surface area contributed by atoms with E-state index in [0.717, 1.165) is 5.56 Å². The van der Waals surface area contributed by atoms with Crippen LogP contribution in [0, 0.1) is 0 Å². The van der Waals surface area contributed by atoms with Gasteiger partial charge in [-0.05, 0) is 35.0 Å². The molecule has 0 amide bonds. The van der Waals surface area contributed by atoms with Gasteiger partial charge in [0.2, 0.25) is 0 Å². The highest BCUT2D eigenvalue weighted by molar-refractivity contribution is 6.43. The van der Waals surface area contributed by atoms with Crippen LogP contribution in [-0.2, 0) is 21.0 Å². The number of nitrogens with zero attached hydrogens (tertiary/aromatic N) is 2. The van der Waals surface area contributed by atoms with Gasteiger partial charge in [-0.25, -0.2) is 4.79 Å². The molecule has 0 fully saturated rings. The number of carbonyl (C=O) groups excluding carboxylic acids is 1. The van der Waals surface area contributed by atoms with Crippen molar-refractivity contribution < 1.29 is 23.6 Å². The molecule has 8 heteroatoms. The van der Waals surface area contributed by atoms with Gasteiger partial charge in [-0.1, -0.05) is 41.0 Å². The van der Waals surface area contributed by atoms with Crippen molar-refractivity contribution in [2.75, 3.05) is 14.2 Å². The van der Waals surface area contributed by atoms with Gasteiger partial charge in [-0.15, -0.1) is 0 Å². The number of hydrogen-bond donors (Lipinski definition) is 0. The Bertz CT molecular complexity index is 982. The van der Waals surface area contributed by atoms with Crippen molar-refractivity contribution in [2.24, 2.45) is 5.16 Å². The van der Waals surface area contributed by atoms with Crippen LogP contribution < -0.4 is 4.74 Å². The maximum absolute atomic E-state index is 12.0. The van der Waals surface area contributed by atoms with Crippen molar-refractivity contribution in [1.82, 2.24) is 5.16 Å². The van der Waals surface area contributed by atoms with Crippen LogP contribution in [0.1, 0.15) is 11.1 Å². The molecular formula is C20H17ClN2O5. The third-order valence-electron chi connectivity index (χ3n) is 3.83. The average molecular weight is 401 g/mol. The standard InChI is InChI=1S/C20H17ClN2O5/c1-25-20(24)19(23-26-2)16-6-4-3-5-14(16)12-27-18-11-17(28-22-18)13-7-9-15(21)10-8-13/h3-11H,12H2,1-2H3. The lowest BCUT2D eigenvalue weighted by atomic mass is 10.0. The number of rotatable bonds is 7. The van der Waals surface area contributed by atoms with Gasteiger partial charge in [-0.3, -0.25) is 0 Å². The van der Waals surface area contributed by atoms with Crippen LogP contribution in [0.5, 0.6) is 5.88 Å². The van der Waals surface area contributed by atoms with E-state index in [4.69, 9.17) is 30.4 Å². The molecule has 7 nitrogen and oxygen atoms in total. The minimum atomic E-state index is -0.610. The summed E-state index contributed by atoms with van der Waals surface area (Å²) in [5, 5.41) is 8.32. The highest BCUT2D eigenvalue weighted by atomic mass is 35.5. The second-order valence-electron chi connectivity index (χ2n) is 5.60. The lowest BCUT2D eigenvalue weighted by molar-refractivity contribution is -0.132. The molecule has 0 aliphatic carbocycles. The van der Waals surface area contributed by atoms with E-state index in [9.17, 15) is 4.79 Å². The van der Waals surface area contributed by atoms with E-state index in [2.05, 4.69) is 10.3 Å². The number of oxime groups is 1. The lowest BCUT2D eigenvalue weighted by Gasteiger charge is -2.10. The van der Waals surface area contributed by atoms with E-state index >= 15 is 0 Å². The second kappa shape index (κ2) is 9.05. The first kappa shape index (κ1) is 19.4. The van der Waals surface area contributed by atoms with Gasteiger partial charge in [0.1, 0.15) is 13.7 Å². The average Bonchev–Trinajstić information content (AvgIpc) is 3.20. The van der Waals surface area contributed by atoms with E-state index in [-0.39, 0.29) is 12.3 Å². The minimum absolute atomic E-state index is 0.0474. The first-order valence-corrected chi connectivity index (χ1v) is 8.63. The number of benzene rings is 2. The first-order chi connectivity index (χ1) is 13.6. The first-order valence-electron chi connectivity index (χ1n) is 8.25. The molecule has 0 atom stereocenters. The summed E-state index contributed by atoms with van der Waals surface area (Å²) in [6.45, 7) is 0.141. The van der Waals surface area contributed by atoms with Gasteiger partial charge in [-0.2, -0.15) is 0 Å². The summed E-state index contributed by atoms with van der Waals surface area (Å²) in [7, 11) is 2.63. The fourth-order valence-corrected chi connectivity index (χ4v) is 2.62. The molecule has 0 bridgehead atoms. The maximum atomic E-state index is 12.0. The fourth-order valence-electron chi connectivity index (χ4n) is 2.49. The summed E-state index contributed by atoms with van der Waals surface area (Å²) in [6, 6.07) is 16.0. The Morgan fingerprint density at radius 3 is 2.61 bits per heavy atom. The van der Waals surface area contributed by atoms with E-state index in [1.807, 2.05) is 24.3 Å². The van der Waals surface area contributed by atoms with Crippen molar-refractivity contribution in [3.05, 3.63) is 70.7 Å². The molecule has 0 radical (unpaired) electrons. The normalized spacial score (nSPS) is 11.2. The Morgan fingerprint density at radius 1 is 1.14 bits per heavy atom. The van der Waals surface area contributed by atoms with Crippen LogP contribution in [0.4, 0.5) is 0 Å². The Morgan fingerprint density at radius 2 is 1.89 bits per heavy atom. The molecule has 0 unspecified atom stereocenters. The molecule has 0 spiro atoms. The molecule has 28 heavy (non-hydrogen) atoms. The van der Waals surface area contributed by atoms with Gasteiger partial charge in [0.25, 0.3) is 5.88 Å². The van der Waals surface area contributed by atoms with Crippen LogP contribution in [-0.4, -0.2) is 31.1 Å². The number of halogens is 1. The predicted octanol–water partition coefficient (Wildman–Crippen LogP) is 4.10. The van der Waals surface area contributed by atoms with Gasteiger partial charge in [0.15, 0.2) is 11.5 Å². The monoisotopic (exact) mass is 400 g/mol. The van der Waals surface area contributed by atoms with Gasteiger partial charge >= 0.3 is 5.97 Å². The van der Waals surface area contributed by atoms with Crippen molar-refractivity contribution >= 4 is 23.3 Å². The summed E-state index contributed by atoms with van der Waals surface area (Å²) in [5.74, 6) is 0.250. The summed E-state index contributed by atoms with van der Waals surface area (Å²) in [6.07, 6.45) is 0. The molecule has 3 rings (SSSR count). The zero-order chi connectivity index (χ0) is 19.9. The van der Waals surface area contributed by atoms with E-state index in [1.54, 1.807) is 30.3 Å². The van der Waals surface area contributed by atoms with E-state index in [1.165, 1.54) is 14.2 Å². The van der Waals surface area contributed by atoms with Crippen LogP contribution in [0.25, 0.3) is 11.3 Å². The molecule has 0 saturated carbocycles. The zero-order valence-corrected chi connectivity index (χ0v) is 16.0. The van der Waals surface area contributed by atoms with Crippen LogP contribution in [0.3, 0.4) is 0 Å².